The Kier molecular flexibility index (Phi) is 4.99. The number of aldehydes is 1. The van der Waals surface area contributed by atoms with E-state index >= 15 is 0 Å². The Hall–Kier alpha value is -1.96. The fourth-order valence-corrected chi connectivity index (χ4v) is 1.53. The van der Waals surface area contributed by atoms with Gasteiger partial charge in [0.15, 0.2) is 17.4 Å². The first-order chi connectivity index (χ1) is 8.89. The van der Waals surface area contributed by atoms with Gasteiger partial charge in [0.1, 0.15) is 6.29 Å². The van der Waals surface area contributed by atoms with E-state index < -0.39 is 22.8 Å². The average Bonchev–Trinajstić information content (AvgIpc) is 2.36. The maximum atomic E-state index is 13.4. The molecule has 3 nitrogen and oxygen atoms in total. The van der Waals surface area contributed by atoms with Crippen LogP contribution in [-0.4, -0.2) is 12.9 Å². The fourth-order valence-electron chi connectivity index (χ4n) is 1.53. The number of carbonyl (C=O) groups is 1. The summed E-state index contributed by atoms with van der Waals surface area (Å²) < 4.78 is 31.9. The van der Waals surface area contributed by atoms with Gasteiger partial charge in [0.2, 0.25) is 0 Å². The van der Waals surface area contributed by atoms with Gasteiger partial charge in [0.05, 0.1) is 18.1 Å². The number of hydrogen-bond donors (Lipinski definition) is 0. The van der Waals surface area contributed by atoms with Crippen molar-refractivity contribution >= 4 is 6.29 Å². The van der Waals surface area contributed by atoms with Crippen LogP contribution in [0.25, 0.3) is 0 Å². The zero-order chi connectivity index (χ0) is 14.5. The smallest absolute Gasteiger partial charge is 0.190 e. The molecule has 0 fully saturated rings. The monoisotopic (exact) mass is 267 g/mol. The Morgan fingerprint density at radius 1 is 1.37 bits per heavy atom. The van der Waals surface area contributed by atoms with E-state index in [0.29, 0.717) is 19.1 Å². The minimum Gasteiger partial charge on any atom is -0.488 e. The first kappa shape index (κ1) is 15.1. The van der Waals surface area contributed by atoms with Crippen molar-refractivity contribution in [1.29, 1.82) is 5.26 Å². The molecular weight excluding hydrogens is 252 g/mol. The molecule has 0 amide bonds. The number of ether oxygens (including phenoxy) is 1. The van der Waals surface area contributed by atoms with E-state index in [1.165, 1.54) is 0 Å². The van der Waals surface area contributed by atoms with Crippen LogP contribution in [0.1, 0.15) is 37.0 Å². The highest BCUT2D eigenvalue weighted by Crippen LogP contribution is 2.24. The highest BCUT2D eigenvalue weighted by Gasteiger charge is 2.17. The van der Waals surface area contributed by atoms with Gasteiger partial charge in [-0.1, -0.05) is 0 Å². The molecule has 1 aromatic rings. The summed E-state index contributed by atoms with van der Waals surface area (Å²) in [5.41, 5.74) is -0.560. The zero-order valence-electron chi connectivity index (χ0n) is 10.9. The predicted molar refractivity (Wildman–Crippen MR) is 65.9 cm³/mol. The molecule has 0 saturated carbocycles. The molecule has 1 rings (SSSR count). The van der Waals surface area contributed by atoms with Gasteiger partial charge in [-0.2, -0.15) is 5.26 Å². The maximum Gasteiger partial charge on any atom is 0.190 e. The van der Waals surface area contributed by atoms with Crippen LogP contribution in [0, 0.1) is 28.4 Å². The highest BCUT2D eigenvalue weighted by atomic mass is 19.1. The van der Waals surface area contributed by atoms with Crippen molar-refractivity contribution < 1.29 is 18.3 Å². The molecule has 0 aliphatic rings. The van der Waals surface area contributed by atoms with Crippen LogP contribution in [-0.2, 0) is 0 Å². The molecule has 102 valence electrons. The molecule has 1 aromatic carbocycles. The first-order valence-electron chi connectivity index (χ1n) is 5.88. The molecule has 0 bridgehead atoms. The normalized spacial score (nSPS) is 10.9. The highest BCUT2D eigenvalue weighted by molar-refractivity contribution is 5.75. The summed E-state index contributed by atoms with van der Waals surface area (Å²) >= 11 is 0. The Morgan fingerprint density at radius 3 is 2.42 bits per heavy atom. The summed E-state index contributed by atoms with van der Waals surface area (Å²) in [5, 5.41) is 8.81. The Bertz CT molecular complexity index is 484. The third-order valence-electron chi connectivity index (χ3n) is 2.65. The van der Waals surface area contributed by atoms with E-state index in [1.54, 1.807) is 13.8 Å². The molecule has 0 unspecified atom stereocenters. The Balaban J connectivity index is 2.60. The number of carbonyl (C=O) groups excluding carboxylic acids is 1. The minimum absolute atomic E-state index is 0.0760. The Labute approximate surface area is 110 Å². The second kappa shape index (κ2) is 6.28. The van der Waals surface area contributed by atoms with Gasteiger partial charge < -0.3 is 4.74 Å². The third kappa shape index (κ3) is 4.32. The summed E-state index contributed by atoms with van der Waals surface area (Å²) in [7, 11) is 0. The summed E-state index contributed by atoms with van der Waals surface area (Å²) in [6, 6.07) is 3.98. The fraction of sp³-hybridized carbons (Fsp3) is 0.429. The lowest BCUT2D eigenvalue weighted by atomic mass is 9.90. The summed E-state index contributed by atoms with van der Waals surface area (Å²) in [6.07, 6.45) is 1.44. The van der Waals surface area contributed by atoms with Crippen molar-refractivity contribution in [2.45, 2.75) is 26.7 Å². The van der Waals surface area contributed by atoms with Gasteiger partial charge in [0.25, 0.3) is 0 Å². The number of nitrogens with zero attached hydrogens (tertiary/aromatic N) is 1. The average molecular weight is 267 g/mol. The number of rotatable bonds is 6. The molecule has 19 heavy (non-hydrogen) atoms. The molecule has 0 aliphatic heterocycles. The first-order valence-corrected chi connectivity index (χ1v) is 5.88. The van der Waals surface area contributed by atoms with Crippen molar-refractivity contribution in [1.82, 2.24) is 0 Å². The molecule has 0 N–H and O–H groups in total. The lowest BCUT2D eigenvalue weighted by Gasteiger charge is -2.15. The van der Waals surface area contributed by atoms with Crippen LogP contribution in [0.5, 0.6) is 5.75 Å². The van der Waals surface area contributed by atoms with Crippen LogP contribution in [0.15, 0.2) is 12.1 Å². The van der Waals surface area contributed by atoms with E-state index in [2.05, 4.69) is 6.07 Å². The van der Waals surface area contributed by atoms with Gasteiger partial charge in [-0.15, -0.1) is 0 Å². The van der Waals surface area contributed by atoms with E-state index in [1.807, 2.05) is 0 Å². The van der Waals surface area contributed by atoms with Crippen LogP contribution in [0.3, 0.4) is 0 Å². The largest absolute Gasteiger partial charge is 0.488 e. The molecule has 0 saturated heterocycles. The summed E-state index contributed by atoms with van der Waals surface area (Å²) in [5.74, 6) is -2.29. The van der Waals surface area contributed by atoms with Gasteiger partial charge >= 0.3 is 0 Å². The van der Waals surface area contributed by atoms with Crippen molar-refractivity contribution in [3.8, 4) is 11.8 Å². The quantitative estimate of drug-likeness (QED) is 0.585. The molecule has 0 heterocycles. The maximum absolute atomic E-state index is 13.4. The number of benzene rings is 1. The van der Waals surface area contributed by atoms with E-state index in [9.17, 15) is 13.6 Å². The van der Waals surface area contributed by atoms with Crippen LogP contribution in [0.4, 0.5) is 8.78 Å². The third-order valence-corrected chi connectivity index (χ3v) is 2.65. The van der Waals surface area contributed by atoms with Gasteiger partial charge in [-0.25, -0.2) is 8.78 Å². The second-order valence-electron chi connectivity index (χ2n) is 4.88. The van der Waals surface area contributed by atoms with Crippen LogP contribution < -0.4 is 4.74 Å². The molecule has 0 aliphatic carbocycles. The van der Waals surface area contributed by atoms with Crippen molar-refractivity contribution in [2.24, 2.45) is 5.41 Å². The molecular formula is C14H15F2NO2. The van der Waals surface area contributed by atoms with E-state index in [0.717, 1.165) is 12.1 Å². The van der Waals surface area contributed by atoms with Gasteiger partial charge in [0, 0.05) is 5.56 Å². The molecule has 5 heteroatoms. The van der Waals surface area contributed by atoms with Gasteiger partial charge in [-0.05, 0) is 38.8 Å². The lowest BCUT2D eigenvalue weighted by Crippen LogP contribution is -2.10. The molecule has 0 radical (unpaired) electrons. The lowest BCUT2D eigenvalue weighted by molar-refractivity contribution is 0.112. The molecule has 0 spiro atoms. The predicted octanol–water partition coefficient (Wildman–Crippen LogP) is 3.49. The molecule has 0 aromatic heterocycles. The van der Waals surface area contributed by atoms with Crippen LogP contribution >= 0.6 is 0 Å². The minimum atomic E-state index is -0.901. The number of nitriles is 1. The number of hydrogen-bond acceptors (Lipinski definition) is 3. The van der Waals surface area contributed by atoms with Gasteiger partial charge in [-0.3, -0.25) is 4.79 Å². The topological polar surface area (TPSA) is 50.1 Å². The van der Waals surface area contributed by atoms with Crippen molar-refractivity contribution in [3.05, 3.63) is 29.3 Å². The number of halogens is 2. The molecule has 0 atom stereocenters. The Morgan fingerprint density at radius 2 is 1.95 bits per heavy atom. The summed E-state index contributed by atoms with van der Waals surface area (Å²) in [6.45, 7) is 3.68. The summed E-state index contributed by atoms with van der Waals surface area (Å²) in [4.78, 5) is 10.4. The second-order valence-corrected chi connectivity index (χ2v) is 4.88. The zero-order valence-corrected chi connectivity index (χ0v) is 10.9. The van der Waals surface area contributed by atoms with Crippen molar-refractivity contribution in [2.75, 3.05) is 6.61 Å². The van der Waals surface area contributed by atoms with Crippen molar-refractivity contribution in [3.63, 3.8) is 0 Å². The standard InChI is InChI=1S/C14H15F2NO2/c1-14(2,9-17)4-3-5-19-13-11(15)6-10(8-18)7-12(13)16/h6-8H,3-5H2,1-2H3. The van der Waals surface area contributed by atoms with E-state index in [4.69, 9.17) is 10.00 Å². The van der Waals surface area contributed by atoms with Crippen LogP contribution in [0.2, 0.25) is 0 Å². The SMILES string of the molecule is CC(C)(C#N)CCCOc1c(F)cc(C=O)cc1F. The van der Waals surface area contributed by atoms with E-state index in [-0.39, 0.29) is 12.2 Å².